The minimum Gasteiger partial charge on any atom is -0.464 e. The van der Waals surface area contributed by atoms with Crippen LogP contribution in [0.3, 0.4) is 0 Å². The lowest BCUT2D eigenvalue weighted by Gasteiger charge is -2.26. The number of amides is 2. The number of nitrogens with one attached hydrogen (secondary N) is 2. The number of nitrogens with zero attached hydrogens (tertiary/aromatic N) is 1. The van der Waals surface area contributed by atoms with Crippen LogP contribution in [0.2, 0.25) is 0 Å². The Hall–Kier alpha value is -4.01. The van der Waals surface area contributed by atoms with Gasteiger partial charge in [0, 0.05) is 35.7 Å². The number of carbonyl (C=O) groups is 3. The van der Waals surface area contributed by atoms with Gasteiger partial charge in [-0.25, -0.2) is 0 Å². The van der Waals surface area contributed by atoms with Crippen LogP contribution in [0.5, 0.6) is 0 Å². The molecular formula is C23H27N5O4. The first-order valence-electron chi connectivity index (χ1n) is 9.97. The zero-order valence-electron chi connectivity index (χ0n) is 18.7. The molecule has 0 atom stereocenters. The predicted molar refractivity (Wildman–Crippen MR) is 122 cm³/mol. The number of hydrogen-bond donors (Lipinski definition) is 4. The van der Waals surface area contributed by atoms with Gasteiger partial charge in [-0.05, 0) is 57.5 Å². The van der Waals surface area contributed by atoms with E-state index >= 15 is 0 Å². The molecule has 3 aromatic rings. The van der Waals surface area contributed by atoms with E-state index in [1.54, 1.807) is 69.8 Å². The predicted octanol–water partition coefficient (Wildman–Crippen LogP) is 2.48. The van der Waals surface area contributed by atoms with Gasteiger partial charge in [0.05, 0.1) is 17.4 Å². The van der Waals surface area contributed by atoms with Gasteiger partial charge in [-0.15, -0.1) is 0 Å². The Morgan fingerprint density at radius 1 is 1.16 bits per heavy atom. The van der Waals surface area contributed by atoms with Gasteiger partial charge in [-0.1, -0.05) is 0 Å². The first-order chi connectivity index (χ1) is 15.0. The second kappa shape index (κ2) is 8.26. The Kier molecular flexibility index (Phi) is 5.85. The Morgan fingerprint density at radius 3 is 2.50 bits per heavy atom. The largest absolute Gasteiger partial charge is 0.464 e. The van der Waals surface area contributed by atoms with Gasteiger partial charge in [-0.2, -0.15) is 0 Å². The van der Waals surface area contributed by atoms with E-state index in [0.717, 1.165) is 5.39 Å². The van der Waals surface area contributed by atoms with Gasteiger partial charge in [0.2, 0.25) is 0 Å². The SMILES string of the molecule is Cc1c(C(=O)C(=O)NC(C)(C)/C(N)=C/N)c(C)n(C)c1C(=O)Nc1ccc2occc2c1. The number of anilines is 1. The first-order valence-corrected chi connectivity index (χ1v) is 9.97. The van der Waals surface area contributed by atoms with Gasteiger partial charge < -0.3 is 31.1 Å². The number of carbonyl (C=O) groups excluding carboxylic acids is 3. The van der Waals surface area contributed by atoms with Gasteiger partial charge >= 0.3 is 0 Å². The van der Waals surface area contributed by atoms with Crippen molar-refractivity contribution in [2.45, 2.75) is 33.2 Å². The lowest BCUT2D eigenvalue weighted by atomic mass is 9.99. The normalized spacial score (nSPS) is 12.1. The third-order valence-electron chi connectivity index (χ3n) is 5.62. The van der Waals surface area contributed by atoms with Gasteiger partial charge in [0.25, 0.3) is 17.6 Å². The molecule has 0 bridgehead atoms. The van der Waals surface area contributed by atoms with Crippen molar-refractivity contribution in [3.8, 4) is 0 Å². The summed E-state index contributed by atoms with van der Waals surface area (Å²) in [5.41, 5.74) is 13.1. The highest BCUT2D eigenvalue weighted by atomic mass is 16.3. The van der Waals surface area contributed by atoms with Crippen LogP contribution >= 0.6 is 0 Å². The second-order valence-corrected chi connectivity index (χ2v) is 8.15. The Labute approximate surface area is 185 Å². The van der Waals surface area contributed by atoms with Crippen LogP contribution < -0.4 is 22.1 Å². The van der Waals surface area contributed by atoms with Crippen molar-refractivity contribution >= 4 is 34.3 Å². The summed E-state index contributed by atoms with van der Waals surface area (Å²) in [6, 6.07) is 7.08. The third kappa shape index (κ3) is 3.96. The van der Waals surface area contributed by atoms with Crippen molar-refractivity contribution in [3.63, 3.8) is 0 Å². The van der Waals surface area contributed by atoms with Crippen LogP contribution in [-0.4, -0.2) is 27.7 Å². The highest BCUT2D eigenvalue weighted by Crippen LogP contribution is 2.25. The number of aromatic nitrogens is 1. The molecule has 0 radical (unpaired) electrons. The molecule has 32 heavy (non-hydrogen) atoms. The van der Waals surface area contributed by atoms with E-state index in [0.29, 0.717) is 22.5 Å². The molecule has 9 heteroatoms. The number of benzene rings is 1. The Bertz CT molecular complexity index is 1260. The number of nitrogens with two attached hydrogens (primary N) is 2. The topological polar surface area (TPSA) is 145 Å². The second-order valence-electron chi connectivity index (χ2n) is 8.15. The zero-order chi connectivity index (χ0) is 23.8. The number of furan rings is 1. The van der Waals surface area contributed by atoms with Crippen LogP contribution in [0.1, 0.15) is 46.0 Å². The van der Waals surface area contributed by atoms with Crippen molar-refractivity contribution in [2.24, 2.45) is 18.5 Å². The highest BCUT2D eigenvalue weighted by Gasteiger charge is 2.32. The third-order valence-corrected chi connectivity index (χ3v) is 5.62. The summed E-state index contributed by atoms with van der Waals surface area (Å²) in [4.78, 5) is 38.7. The quantitative estimate of drug-likeness (QED) is 0.344. The fraction of sp³-hybridized carbons (Fsp3) is 0.261. The van der Waals surface area contributed by atoms with Gasteiger partial charge in [-0.3, -0.25) is 14.4 Å². The average Bonchev–Trinajstić information content (AvgIpc) is 3.28. The number of ketones is 1. The lowest BCUT2D eigenvalue weighted by Crippen LogP contribution is -2.50. The van der Waals surface area contributed by atoms with Crippen LogP contribution in [0.4, 0.5) is 5.69 Å². The minimum absolute atomic E-state index is 0.173. The Morgan fingerprint density at radius 2 is 1.84 bits per heavy atom. The molecule has 1 aromatic carbocycles. The van der Waals surface area contributed by atoms with Crippen LogP contribution in [-0.2, 0) is 11.8 Å². The van der Waals surface area contributed by atoms with Crippen LogP contribution in [0.25, 0.3) is 11.0 Å². The van der Waals surface area contributed by atoms with E-state index in [-0.39, 0.29) is 17.0 Å². The monoisotopic (exact) mass is 437 g/mol. The number of hydrogen-bond acceptors (Lipinski definition) is 6. The van der Waals surface area contributed by atoms with Crippen molar-refractivity contribution in [2.75, 3.05) is 5.32 Å². The molecule has 0 fully saturated rings. The van der Waals surface area contributed by atoms with E-state index in [2.05, 4.69) is 10.6 Å². The maximum Gasteiger partial charge on any atom is 0.293 e. The van der Waals surface area contributed by atoms with Crippen molar-refractivity contribution in [1.82, 2.24) is 9.88 Å². The number of rotatable bonds is 6. The fourth-order valence-corrected chi connectivity index (χ4v) is 3.60. The van der Waals surface area contributed by atoms with Crippen molar-refractivity contribution in [1.29, 1.82) is 0 Å². The fourth-order valence-electron chi connectivity index (χ4n) is 3.60. The highest BCUT2D eigenvalue weighted by molar-refractivity contribution is 6.43. The molecule has 168 valence electrons. The standard InChI is InChI=1S/C23H27N5O4/c1-12-18(20(29)22(31)27-23(3,4)17(25)11-24)13(2)28(5)19(12)21(30)26-15-6-7-16-14(10-15)8-9-32-16/h6-11H,24-25H2,1-5H3,(H,26,30)(H,27,31)/b17-11-. The molecule has 6 N–H and O–H groups in total. The molecule has 2 aromatic heterocycles. The maximum absolute atomic E-state index is 13.0. The molecule has 0 aliphatic carbocycles. The molecule has 0 saturated heterocycles. The van der Waals surface area contributed by atoms with Crippen LogP contribution in [0, 0.1) is 13.8 Å². The van der Waals surface area contributed by atoms with E-state index < -0.39 is 23.1 Å². The summed E-state index contributed by atoms with van der Waals surface area (Å²) in [5.74, 6) is -1.99. The summed E-state index contributed by atoms with van der Waals surface area (Å²) in [7, 11) is 1.67. The molecule has 0 spiro atoms. The van der Waals surface area contributed by atoms with E-state index in [1.807, 2.05) is 0 Å². The van der Waals surface area contributed by atoms with E-state index in [9.17, 15) is 14.4 Å². The molecule has 0 aliphatic rings. The lowest BCUT2D eigenvalue weighted by molar-refractivity contribution is -0.118. The van der Waals surface area contributed by atoms with Crippen LogP contribution in [0.15, 0.2) is 46.8 Å². The molecule has 0 unspecified atom stereocenters. The molecule has 9 nitrogen and oxygen atoms in total. The molecule has 2 heterocycles. The van der Waals surface area contributed by atoms with Crippen molar-refractivity contribution < 1.29 is 18.8 Å². The van der Waals surface area contributed by atoms with Gasteiger partial charge in [0.1, 0.15) is 11.3 Å². The minimum atomic E-state index is -1.01. The van der Waals surface area contributed by atoms with E-state index in [1.165, 1.54) is 6.20 Å². The summed E-state index contributed by atoms with van der Waals surface area (Å²) in [6.07, 6.45) is 2.75. The summed E-state index contributed by atoms with van der Waals surface area (Å²) in [5, 5.41) is 6.28. The molecule has 0 aliphatic heterocycles. The zero-order valence-corrected chi connectivity index (χ0v) is 18.7. The first kappa shape index (κ1) is 22.7. The molecule has 0 saturated carbocycles. The van der Waals surface area contributed by atoms with Gasteiger partial charge in [0.15, 0.2) is 0 Å². The smallest absolute Gasteiger partial charge is 0.293 e. The summed E-state index contributed by atoms with van der Waals surface area (Å²) < 4.78 is 6.91. The summed E-state index contributed by atoms with van der Waals surface area (Å²) >= 11 is 0. The molecule has 3 rings (SSSR count). The number of fused-ring (bicyclic) bond motifs is 1. The van der Waals surface area contributed by atoms with E-state index in [4.69, 9.17) is 15.9 Å². The molecular weight excluding hydrogens is 410 g/mol. The average molecular weight is 438 g/mol. The maximum atomic E-state index is 13.0. The van der Waals surface area contributed by atoms with Crippen molar-refractivity contribution in [3.05, 3.63) is 64.9 Å². The summed E-state index contributed by atoms with van der Waals surface area (Å²) in [6.45, 7) is 6.59. The molecule has 2 amide bonds. The number of Topliss-reactive ketones (excluding diaryl/α,β-unsaturated/α-hetero) is 1. The Balaban J connectivity index is 1.89.